The summed E-state index contributed by atoms with van der Waals surface area (Å²) in [6.07, 6.45) is 10.0. The van der Waals surface area contributed by atoms with Crippen LogP contribution in [-0.4, -0.2) is 42.6 Å². The summed E-state index contributed by atoms with van der Waals surface area (Å²) in [5.74, 6) is 0. The number of nitrogens with zero attached hydrogens (tertiary/aromatic N) is 1. The molecule has 23 heavy (non-hydrogen) atoms. The standard InChI is InChI=1S/C17H38NO4P/c1-4-7-10-11-12-16-21-23(19,20)22-17-15-18(13-8-5-2)14-9-6-3/h4-17H2,1-3H3,(H,19,20). The highest BCUT2D eigenvalue weighted by Gasteiger charge is 2.20. The van der Waals surface area contributed by atoms with Crippen molar-refractivity contribution < 1.29 is 18.5 Å². The minimum absolute atomic E-state index is 0.247. The van der Waals surface area contributed by atoms with Crippen LogP contribution in [-0.2, 0) is 13.6 Å². The number of hydrogen-bond donors (Lipinski definition) is 1. The van der Waals surface area contributed by atoms with Crippen molar-refractivity contribution >= 4 is 7.82 Å². The molecule has 5 nitrogen and oxygen atoms in total. The summed E-state index contributed by atoms with van der Waals surface area (Å²) in [4.78, 5) is 12.0. The van der Waals surface area contributed by atoms with Crippen molar-refractivity contribution in [2.45, 2.75) is 78.6 Å². The fourth-order valence-electron chi connectivity index (χ4n) is 2.31. The zero-order valence-electron chi connectivity index (χ0n) is 15.5. The average Bonchev–Trinajstić information content (AvgIpc) is 2.52. The van der Waals surface area contributed by atoms with E-state index < -0.39 is 7.82 Å². The van der Waals surface area contributed by atoms with Crippen LogP contribution < -0.4 is 0 Å². The first-order chi connectivity index (χ1) is 11.1. The number of unbranched alkanes of at least 4 members (excludes halogenated alkanes) is 6. The Labute approximate surface area is 143 Å². The maximum absolute atomic E-state index is 11.8. The smallest absolute Gasteiger partial charge is 0.302 e. The molecule has 0 saturated carbocycles. The molecular weight excluding hydrogens is 313 g/mol. The van der Waals surface area contributed by atoms with E-state index in [4.69, 9.17) is 9.05 Å². The molecule has 0 aromatic rings. The SMILES string of the molecule is CCCCCCCOP(=O)(O)OCCN(CCCC)CCCC. The van der Waals surface area contributed by atoms with Crippen LogP contribution in [0.4, 0.5) is 0 Å². The van der Waals surface area contributed by atoms with Gasteiger partial charge in [0, 0.05) is 6.54 Å². The molecule has 1 atom stereocenters. The second-order valence-electron chi connectivity index (χ2n) is 6.10. The van der Waals surface area contributed by atoms with Gasteiger partial charge in [0.1, 0.15) is 0 Å². The fraction of sp³-hybridized carbons (Fsp3) is 1.00. The summed E-state index contributed by atoms with van der Waals surface area (Å²) < 4.78 is 21.9. The van der Waals surface area contributed by atoms with Crippen LogP contribution in [0.25, 0.3) is 0 Å². The summed E-state index contributed by atoms with van der Waals surface area (Å²) in [7, 11) is -3.88. The van der Waals surface area contributed by atoms with Gasteiger partial charge in [0.05, 0.1) is 13.2 Å². The second-order valence-corrected chi connectivity index (χ2v) is 7.55. The van der Waals surface area contributed by atoms with Gasteiger partial charge >= 0.3 is 7.82 Å². The monoisotopic (exact) mass is 351 g/mol. The van der Waals surface area contributed by atoms with Crippen LogP contribution in [0.2, 0.25) is 0 Å². The highest BCUT2D eigenvalue weighted by atomic mass is 31.2. The van der Waals surface area contributed by atoms with Gasteiger partial charge in [-0.1, -0.05) is 59.3 Å². The van der Waals surface area contributed by atoms with Crippen LogP contribution in [0, 0.1) is 0 Å². The summed E-state index contributed by atoms with van der Waals surface area (Å²) >= 11 is 0. The number of hydrogen-bond acceptors (Lipinski definition) is 4. The van der Waals surface area contributed by atoms with Gasteiger partial charge < -0.3 is 9.79 Å². The average molecular weight is 351 g/mol. The number of rotatable bonds is 17. The van der Waals surface area contributed by atoms with Gasteiger partial charge in [0.2, 0.25) is 0 Å². The van der Waals surface area contributed by atoms with Crippen molar-refractivity contribution in [2.24, 2.45) is 0 Å². The Hall–Kier alpha value is 0.0700. The third kappa shape index (κ3) is 15.3. The van der Waals surface area contributed by atoms with Gasteiger partial charge in [0.25, 0.3) is 0 Å². The van der Waals surface area contributed by atoms with E-state index in [1.165, 1.54) is 12.8 Å². The molecule has 6 heteroatoms. The molecule has 1 N–H and O–H groups in total. The normalized spacial score (nSPS) is 14.3. The molecule has 0 fully saturated rings. The first-order valence-corrected chi connectivity index (χ1v) is 10.9. The summed E-state index contributed by atoms with van der Waals surface area (Å²) in [6, 6.07) is 0. The lowest BCUT2D eigenvalue weighted by Gasteiger charge is -2.22. The maximum Gasteiger partial charge on any atom is 0.472 e. The lowest BCUT2D eigenvalue weighted by molar-refractivity contribution is 0.128. The molecule has 0 aliphatic heterocycles. The first kappa shape index (κ1) is 23.1. The Morgan fingerprint density at radius 2 is 1.26 bits per heavy atom. The van der Waals surface area contributed by atoms with E-state index in [-0.39, 0.29) is 6.61 Å². The van der Waals surface area contributed by atoms with Crippen LogP contribution >= 0.6 is 7.82 Å². The summed E-state index contributed by atoms with van der Waals surface area (Å²) in [5.41, 5.74) is 0. The molecule has 0 aromatic carbocycles. The Morgan fingerprint density at radius 1 is 0.739 bits per heavy atom. The third-order valence-corrected chi connectivity index (χ3v) is 4.84. The van der Waals surface area contributed by atoms with E-state index in [9.17, 15) is 9.46 Å². The number of phosphoric acid groups is 1. The molecule has 0 aromatic heterocycles. The fourth-order valence-corrected chi connectivity index (χ4v) is 3.05. The number of phosphoric ester groups is 1. The highest BCUT2D eigenvalue weighted by molar-refractivity contribution is 7.47. The van der Waals surface area contributed by atoms with Gasteiger partial charge in [-0.2, -0.15) is 0 Å². The molecule has 0 rings (SSSR count). The van der Waals surface area contributed by atoms with Crippen molar-refractivity contribution in [3.8, 4) is 0 Å². The second kappa shape index (κ2) is 15.6. The first-order valence-electron chi connectivity index (χ1n) is 9.40. The molecule has 0 amide bonds. The van der Waals surface area contributed by atoms with E-state index in [1.54, 1.807) is 0 Å². The zero-order valence-corrected chi connectivity index (χ0v) is 16.4. The van der Waals surface area contributed by atoms with E-state index in [2.05, 4.69) is 25.7 Å². The molecule has 140 valence electrons. The van der Waals surface area contributed by atoms with Gasteiger partial charge in [-0.3, -0.25) is 9.05 Å². The molecule has 0 saturated heterocycles. The van der Waals surface area contributed by atoms with Crippen molar-refractivity contribution in [2.75, 3.05) is 32.8 Å². The molecule has 0 heterocycles. The molecule has 0 bridgehead atoms. The Bertz CT molecular complexity index is 294. The van der Waals surface area contributed by atoms with Crippen LogP contribution in [0.5, 0.6) is 0 Å². The Balaban J connectivity index is 3.84. The summed E-state index contributed by atoms with van der Waals surface area (Å²) in [5, 5.41) is 0. The molecular formula is C17H38NO4P. The topological polar surface area (TPSA) is 59.0 Å². The predicted octanol–water partition coefficient (Wildman–Crippen LogP) is 4.99. The highest BCUT2D eigenvalue weighted by Crippen LogP contribution is 2.43. The van der Waals surface area contributed by atoms with Crippen molar-refractivity contribution in [1.29, 1.82) is 0 Å². The molecule has 0 radical (unpaired) electrons. The summed E-state index contributed by atoms with van der Waals surface area (Å²) in [6.45, 7) is 9.78. The van der Waals surface area contributed by atoms with Gasteiger partial charge in [-0.05, 0) is 32.4 Å². The Morgan fingerprint density at radius 3 is 1.83 bits per heavy atom. The lowest BCUT2D eigenvalue weighted by Crippen LogP contribution is -2.29. The van der Waals surface area contributed by atoms with Crippen LogP contribution in [0.1, 0.15) is 78.6 Å². The van der Waals surface area contributed by atoms with E-state index in [0.717, 1.165) is 58.0 Å². The van der Waals surface area contributed by atoms with Crippen molar-refractivity contribution in [1.82, 2.24) is 4.90 Å². The molecule has 0 aliphatic carbocycles. The largest absolute Gasteiger partial charge is 0.472 e. The van der Waals surface area contributed by atoms with Gasteiger partial charge in [0.15, 0.2) is 0 Å². The van der Waals surface area contributed by atoms with E-state index in [1.807, 2.05) is 0 Å². The van der Waals surface area contributed by atoms with Crippen molar-refractivity contribution in [3.05, 3.63) is 0 Å². The van der Waals surface area contributed by atoms with Gasteiger partial charge in [-0.25, -0.2) is 4.57 Å². The third-order valence-electron chi connectivity index (χ3n) is 3.82. The molecule has 1 unspecified atom stereocenters. The maximum atomic E-state index is 11.8. The molecule has 0 aliphatic rings. The quantitative estimate of drug-likeness (QED) is 0.295. The zero-order chi connectivity index (χ0) is 17.4. The van der Waals surface area contributed by atoms with Crippen molar-refractivity contribution in [3.63, 3.8) is 0 Å². The minimum Gasteiger partial charge on any atom is -0.302 e. The van der Waals surface area contributed by atoms with E-state index >= 15 is 0 Å². The van der Waals surface area contributed by atoms with Crippen LogP contribution in [0.3, 0.4) is 0 Å². The lowest BCUT2D eigenvalue weighted by atomic mass is 10.2. The Kier molecular flexibility index (Phi) is 15.6. The van der Waals surface area contributed by atoms with E-state index in [0.29, 0.717) is 13.2 Å². The minimum atomic E-state index is -3.88. The van der Waals surface area contributed by atoms with Gasteiger partial charge in [-0.15, -0.1) is 0 Å². The van der Waals surface area contributed by atoms with Crippen LogP contribution in [0.15, 0.2) is 0 Å². The predicted molar refractivity (Wildman–Crippen MR) is 96.7 cm³/mol. The molecule has 0 spiro atoms.